The van der Waals surface area contributed by atoms with Crippen molar-refractivity contribution in [2.24, 2.45) is 0 Å². The summed E-state index contributed by atoms with van der Waals surface area (Å²) in [6.45, 7) is 2.24. The largest absolute Gasteiger partial charge is 0.421 e. The molecule has 0 saturated carbocycles. The lowest BCUT2D eigenvalue weighted by Crippen LogP contribution is -2.24. The van der Waals surface area contributed by atoms with E-state index in [1.807, 2.05) is 6.92 Å². The highest BCUT2D eigenvalue weighted by molar-refractivity contribution is 7.89. The normalized spacial score (nSPS) is 11.8. The van der Waals surface area contributed by atoms with Crippen LogP contribution in [0.15, 0.2) is 38.4 Å². The molecule has 0 unspecified atom stereocenters. The Morgan fingerprint density at radius 3 is 2.74 bits per heavy atom. The second-order valence-corrected chi connectivity index (χ2v) is 5.85. The molecular formula is C12H14N2O4S. The highest BCUT2D eigenvalue weighted by Crippen LogP contribution is 2.19. The van der Waals surface area contributed by atoms with Crippen molar-refractivity contribution < 1.29 is 12.8 Å². The summed E-state index contributed by atoms with van der Waals surface area (Å²) in [6.07, 6.45) is 0.703. The Morgan fingerprint density at radius 1 is 1.32 bits per heavy atom. The molecule has 1 heterocycles. The molecule has 0 spiro atoms. The average Bonchev–Trinajstić information content (AvgIpc) is 2.37. The van der Waals surface area contributed by atoms with Gasteiger partial charge in [0.15, 0.2) is 0 Å². The van der Waals surface area contributed by atoms with Gasteiger partial charge < -0.3 is 10.2 Å². The van der Waals surface area contributed by atoms with Gasteiger partial charge in [-0.3, -0.25) is 0 Å². The molecule has 19 heavy (non-hydrogen) atoms. The third kappa shape index (κ3) is 2.77. The minimum absolute atomic E-state index is 0.0523. The zero-order valence-electron chi connectivity index (χ0n) is 10.3. The number of hydrogen-bond acceptors (Lipinski definition) is 5. The lowest BCUT2D eigenvalue weighted by Gasteiger charge is -2.06. The van der Waals surface area contributed by atoms with Crippen molar-refractivity contribution in [3.63, 3.8) is 0 Å². The van der Waals surface area contributed by atoms with E-state index in [0.717, 1.165) is 0 Å². The third-order valence-corrected chi connectivity index (χ3v) is 4.04. The van der Waals surface area contributed by atoms with E-state index in [1.165, 1.54) is 24.3 Å². The number of anilines is 1. The van der Waals surface area contributed by atoms with E-state index in [2.05, 4.69) is 4.72 Å². The van der Waals surface area contributed by atoms with Crippen molar-refractivity contribution in [1.29, 1.82) is 0 Å². The Balaban J connectivity index is 2.53. The zero-order chi connectivity index (χ0) is 14.0. The quantitative estimate of drug-likeness (QED) is 0.816. The van der Waals surface area contributed by atoms with Gasteiger partial charge in [-0.2, -0.15) is 0 Å². The van der Waals surface area contributed by atoms with Crippen LogP contribution in [0.1, 0.15) is 13.3 Å². The van der Waals surface area contributed by atoms with Crippen LogP contribution >= 0.6 is 0 Å². The molecule has 7 heteroatoms. The molecule has 102 valence electrons. The van der Waals surface area contributed by atoms with Gasteiger partial charge in [-0.1, -0.05) is 6.92 Å². The van der Waals surface area contributed by atoms with Crippen LogP contribution in [0.2, 0.25) is 0 Å². The molecule has 1 aromatic carbocycles. The van der Waals surface area contributed by atoms with Crippen molar-refractivity contribution in [2.75, 3.05) is 12.3 Å². The van der Waals surface area contributed by atoms with Gasteiger partial charge in [0, 0.05) is 11.9 Å². The van der Waals surface area contributed by atoms with Gasteiger partial charge in [-0.25, -0.2) is 17.9 Å². The van der Waals surface area contributed by atoms with Crippen LogP contribution in [-0.4, -0.2) is 15.0 Å². The van der Waals surface area contributed by atoms with Crippen molar-refractivity contribution in [3.8, 4) is 0 Å². The predicted molar refractivity (Wildman–Crippen MR) is 72.4 cm³/mol. The van der Waals surface area contributed by atoms with Gasteiger partial charge in [0.2, 0.25) is 10.0 Å². The van der Waals surface area contributed by atoms with E-state index < -0.39 is 15.6 Å². The van der Waals surface area contributed by atoms with Crippen molar-refractivity contribution in [3.05, 3.63) is 34.7 Å². The minimum Gasteiger partial charge on any atom is -0.421 e. The fraction of sp³-hybridized carbons (Fsp3) is 0.250. The summed E-state index contributed by atoms with van der Waals surface area (Å²) in [5, 5.41) is 0.469. The Morgan fingerprint density at radius 2 is 2.05 bits per heavy atom. The van der Waals surface area contributed by atoms with E-state index in [4.69, 9.17) is 10.2 Å². The maximum Gasteiger partial charge on any atom is 0.359 e. The molecule has 6 nitrogen and oxygen atoms in total. The molecule has 3 N–H and O–H groups in total. The van der Waals surface area contributed by atoms with E-state index in [9.17, 15) is 13.2 Å². The third-order valence-electron chi connectivity index (χ3n) is 2.58. The first kappa shape index (κ1) is 13.6. The Labute approximate surface area is 110 Å². The van der Waals surface area contributed by atoms with E-state index in [-0.39, 0.29) is 10.6 Å². The van der Waals surface area contributed by atoms with Gasteiger partial charge in [0.25, 0.3) is 0 Å². The number of nitrogens with one attached hydrogen (secondary N) is 1. The molecule has 0 atom stereocenters. The van der Waals surface area contributed by atoms with Gasteiger partial charge in [0.1, 0.15) is 11.3 Å². The van der Waals surface area contributed by atoms with Crippen LogP contribution in [0.5, 0.6) is 0 Å². The molecule has 0 aliphatic heterocycles. The van der Waals surface area contributed by atoms with Crippen LogP contribution in [0.25, 0.3) is 11.0 Å². The fourth-order valence-corrected chi connectivity index (χ4v) is 2.77. The highest BCUT2D eigenvalue weighted by atomic mass is 32.2. The standard InChI is InChI=1S/C12H14N2O4S/c1-2-5-14-19(16,17)9-3-4-11-8(6-9)7-10(13)12(15)18-11/h3-4,6-7,14H,2,5,13H2,1H3. The molecule has 0 saturated heterocycles. The number of hydrogen-bond donors (Lipinski definition) is 2. The Hall–Kier alpha value is -1.86. The molecular weight excluding hydrogens is 268 g/mol. The van der Waals surface area contributed by atoms with Crippen molar-refractivity contribution in [1.82, 2.24) is 4.72 Å². The SMILES string of the molecule is CCCNS(=O)(=O)c1ccc2oc(=O)c(N)cc2c1. The number of rotatable bonds is 4. The second-order valence-electron chi connectivity index (χ2n) is 4.09. The Kier molecular flexibility index (Phi) is 3.59. The summed E-state index contributed by atoms with van der Waals surface area (Å²) in [4.78, 5) is 11.3. The fourth-order valence-electron chi connectivity index (χ4n) is 1.60. The van der Waals surface area contributed by atoms with Crippen molar-refractivity contribution in [2.45, 2.75) is 18.2 Å². The van der Waals surface area contributed by atoms with Crippen LogP contribution in [-0.2, 0) is 10.0 Å². The predicted octanol–water partition coefficient (Wildman–Crippen LogP) is 1.06. The van der Waals surface area contributed by atoms with Crippen LogP contribution < -0.4 is 16.1 Å². The summed E-state index contributed by atoms with van der Waals surface area (Å²) in [6, 6.07) is 5.66. The second kappa shape index (κ2) is 5.02. The molecule has 2 rings (SSSR count). The number of nitrogen functional groups attached to an aromatic ring is 1. The van der Waals surface area contributed by atoms with Gasteiger partial charge in [-0.15, -0.1) is 0 Å². The average molecular weight is 282 g/mol. The monoisotopic (exact) mass is 282 g/mol. The number of sulfonamides is 1. The number of benzene rings is 1. The molecule has 0 aliphatic rings. The molecule has 0 amide bonds. The first-order valence-corrected chi connectivity index (χ1v) is 7.25. The number of nitrogens with two attached hydrogens (primary N) is 1. The maximum atomic E-state index is 12.0. The minimum atomic E-state index is -3.55. The summed E-state index contributed by atoms with van der Waals surface area (Å²) in [5.74, 6) is 0. The van der Waals surface area contributed by atoms with Crippen LogP contribution in [0.3, 0.4) is 0 Å². The lowest BCUT2D eigenvalue weighted by molar-refractivity contribution is 0.563. The van der Waals surface area contributed by atoms with Crippen LogP contribution in [0, 0.1) is 0 Å². The number of fused-ring (bicyclic) bond motifs is 1. The summed E-state index contributed by atoms with van der Waals surface area (Å²) < 4.78 is 31.3. The van der Waals surface area contributed by atoms with Gasteiger partial charge >= 0.3 is 5.63 Å². The lowest BCUT2D eigenvalue weighted by atomic mass is 10.2. The molecule has 1 aromatic heterocycles. The van der Waals surface area contributed by atoms with Gasteiger partial charge in [-0.05, 0) is 30.7 Å². The topological polar surface area (TPSA) is 102 Å². The van der Waals surface area contributed by atoms with Gasteiger partial charge in [0.05, 0.1) is 4.90 Å². The molecule has 0 fully saturated rings. The summed E-state index contributed by atoms with van der Waals surface area (Å²) in [7, 11) is -3.55. The summed E-state index contributed by atoms with van der Waals surface area (Å²) in [5.41, 5.74) is 5.07. The molecule has 0 bridgehead atoms. The summed E-state index contributed by atoms with van der Waals surface area (Å²) >= 11 is 0. The van der Waals surface area contributed by atoms with Crippen LogP contribution in [0.4, 0.5) is 5.69 Å². The maximum absolute atomic E-state index is 12.0. The first-order valence-electron chi connectivity index (χ1n) is 5.77. The van der Waals surface area contributed by atoms with E-state index in [1.54, 1.807) is 0 Å². The van der Waals surface area contributed by atoms with Crippen molar-refractivity contribution >= 4 is 26.7 Å². The Bertz CT molecular complexity index is 765. The first-order chi connectivity index (χ1) is 8.94. The highest BCUT2D eigenvalue weighted by Gasteiger charge is 2.14. The van der Waals surface area contributed by atoms with E-state index >= 15 is 0 Å². The molecule has 2 aromatic rings. The molecule has 0 aliphatic carbocycles. The zero-order valence-corrected chi connectivity index (χ0v) is 11.2. The smallest absolute Gasteiger partial charge is 0.359 e. The molecule has 0 radical (unpaired) electrons. The van der Waals surface area contributed by atoms with E-state index in [0.29, 0.717) is 23.9 Å².